The van der Waals surface area contributed by atoms with Crippen molar-refractivity contribution in [2.45, 2.75) is 13.5 Å². The summed E-state index contributed by atoms with van der Waals surface area (Å²) in [6.07, 6.45) is 0. The molecular weight excluding hydrogens is 293 g/mol. The summed E-state index contributed by atoms with van der Waals surface area (Å²) in [5.74, 6) is -0.192. The van der Waals surface area contributed by atoms with Crippen molar-refractivity contribution < 1.29 is 4.39 Å². The molecule has 1 N–H and O–H groups in total. The van der Waals surface area contributed by atoms with E-state index in [1.54, 1.807) is 0 Å². The van der Waals surface area contributed by atoms with Crippen LogP contribution in [0.25, 0.3) is 11.1 Å². The van der Waals surface area contributed by atoms with Crippen molar-refractivity contribution in [2.75, 3.05) is 6.54 Å². The predicted octanol–water partition coefficient (Wildman–Crippen LogP) is 4.36. The van der Waals surface area contributed by atoms with Gasteiger partial charge in [-0.2, -0.15) is 0 Å². The largest absolute Gasteiger partial charge is 0.313 e. The number of hydrogen-bond acceptors (Lipinski definition) is 1. The summed E-state index contributed by atoms with van der Waals surface area (Å²) in [6.45, 7) is 3.72. The van der Waals surface area contributed by atoms with E-state index in [1.165, 1.54) is 6.07 Å². The van der Waals surface area contributed by atoms with Crippen molar-refractivity contribution in [2.24, 2.45) is 0 Å². The lowest BCUT2D eigenvalue weighted by atomic mass is 10.0. The minimum atomic E-state index is -0.192. The maximum Gasteiger partial charge on any atom is 0.131 e. The van der Waals surface area contributed by atoms with Crippen LogP contribution in [0, 0.1) is 5.82 Å². The van der Waals surface area contributed by atoms with Gasteiger partial charge in [0, 0.05) is 16.6 Å². The van der Waals surface area contributed by atoms with Crippen molar-refractivity contribution in [1.82, 2.24) is 5.32 Å². The zero-order valence-electron chi connectivity index (χ0n) is 10.2. The van der Waals surface area contributed by atoms with Gasteiger partial charge in [0.15, 0.2) is 0 Å². The zero-order valence-corrected chi connectivity index (χ0v) is 11.8. The molecule has 0 atom stereocenters. The van der Waals surface area contributed by atoms with Crippen LogP contribution in [0.2, 0.25) is 0 Å². The summed E-state index contributed by atoms with van der Waals surface area (Å²) in [5, 5.41) is 3.24. The van der Waals surface area contributed by atoms with E-state index in [0.717, 1.165) is 28.7 Å². The molecule has 0 bridgehead atoms. The lowest BCUT2D eigenvalue weighted by Gasteiger charge is -2.09. The first-order valence-corrected chi connectivity index (χ1v) is 6.75. The molecule has 0 unspecified atom stereocenters. The van der Waals surface area contributed by atoms with E-state index < -0.39 is 0 Å². The number of rotatable bonds is 4. The Morgan fingerprint density at radius 3 is 2.61 bits per heavy atom. The molecule has 0 spiro atoms. The van der Waals surface area contributed by atoms with Crippen molar-refractivity contribution >= 4 is 15.9 Å². The molecule has 94 valence electrons. The van der Waals surface area contributed by atoms with Gasteiger partial charge >= 0.3 is 0 Å². The number of nitrogens with one attached hydrogen (secondary N) is 1. The van der Waals surface area contributed by atoms with Crippen LogP contribution >= 0.6 is 15.9 Å². The van der Waals surface area contributed by atoms with Gasteiger partial charge in [-0.05, 0) is 35.9 Å². The summed E-state index contributed by atoms with van der Waals surface area (Å²) in [6, 6.07) is 12.9. The highest BCUT2D eigenvalue weighted by atomic mass is 79.9. The van der Waals surface area contributed by atoms with Gasteiger partial charge in [0.05, 0.1) is 0 Å². The van der Waals surface area contributed by atoms with E-state index >= 15 is 0 Å². The summed E-state index contributed by atoms with van der Waals surface area (Å²) in [7, 11) is 0. The fraction of sp³-hybridized carbons (Fsp3) is 0.200. The number of hydrogen-bond donors (Lipinski definition) is 1. The topological polar surface area (TPSA) is 12.0 Å². The fourth-order valence-corrected chi connectivity index (χ4v) is 2.34. The average Bonchev–Trinajstić information content (AvgIpc) is 2.39. The standard InChI is InChI=1S/C15H15BrFN/c1-2-18-10-11-7-8-15(17)13(9-11)12-5-3-4-6-14(12)16/h3-9,18H,2,10H2,1H3. The Morgan fingerprint density at radius 1 is 1.11 bits per heavy atom. The zero-order chi connectivity index (χ0) is 13.0. The molecule has 0 fully saturated rings. The maximum absolute atomic E-state index is 13.9. The van der Waals surface area contributed by atoms with Gasteiger partial charge in [-0.3, -0.25) is 0 Å². The van der Waals surface area contributed by atoms with E-state index in [1.807, 2.05) is 36.4 Å². The first-order valence-electron chi connectivity index (χ1n) is 5.96. The van der Waals surface area contributed by atoms with E-state index in [-0.39, 0.29) is 5.82 Å². The summed E-state index contributed by atoms with van der Waals surface area (Å²) < 4.78 is 14.8. The maximum atomic E-state index is 13.9. The van der Waals surface area contributed by atoms with Gasteiger partial charge < -0.3 is 5.32 Å². The Bertz CT molecular complexity index is 540. The molecular formula is C15H15BrFN. The Labute approximate surface area is 115 Å². The molecule has 2 aromatic carbocycles. The first kappa shape index (κ1) is 13.2. The van der Waals surface area contributed by atoms with Crippen LogP contribution in [-0.4, -0.2) is 6.54 Å². The second kappa shape index (κ2) is 6.12. The molecule has 2 rings (SSSR count). The minimum Gasteiger partial charge on any atom is -0.313 e. The molecule has 3 heteroatoms. The summed E-state index contributed by atoms with van der Waals surface area (Å²) >= 11 is 3.46. The highest BCUT2D eigenvalue weighted by Gasteiger charge is 2.08. The molecule has 0 saturated carbocycles. The van der Waals surface area contributed by atoms with Crippen molar-refractivity contribution in [3.05, 3.63) is 58.3 Å². The molecule has 0 aliphatic rings. The smallest absolute Gasteiger partial charge is 0.131 e. The predicted molar refractivity (Wildman–Crippen MR) is 76.9 cm³/mol. The van der Waals surface area contributed by atoms with E-state index in [4.69, 9.17) is 0 Å². The minimum absolute atomic E-state index is 0.192. The molecule has 1 nitrogen and oxygen atoms in total. The molecule has 0 radical (unpaired) electrons. The van der Waals surface area contributed by atoms with Gasteiger partial charge in [0.2, 0.25) is 0 Å². The normalized spacial score (nSPS) is 10.6. The highest BCUT2D eigenvalue weighted by molar-refractivity contribution is 9.10. The van der Waals surface area contributed by atoms with Crippen LogP contribution in [0.1, 0.15) is 12.5 Å². The molecule has 0 heterocycles. The third kappa shape index (κ3) is 2.98. The van der Waals surface area contributed by atoms with Gasteiger partial charge in [0.1, 0.15) is 5.82 Å². The van der Waals surface area contributed by atoms with Crippen LogP contribution in [0.15, 0.2) is 46.9 Å². The third-order valence-corrected chi connectivity index (χ3v) is 3.47. The Morgan fingerprint density at radius 2 is 1.89 bits per heavy atom. The number of halogens is 2. The molecule has 0 aliphatic carbocycles. The lowest BCUT2D eigenvalue weighted by Crippen LogP contribution is -2.11. The molecule has 0 aliphatic heterocycles. The molecule has 0 amide bonds. The van der Waals surface area contributed by atoms with Crippen LogP contribution in [-0.2, 0) is 6.54 Å². The van der Waals surface area contributed by atoms with Crippen LogP contribution in [0.4, 0.5) is 4.39 Å². The summed E-state index contributed by atoms with van der Waals surface area (Å²) in [5.41, 5.74) is 2.61. The molecule has 0 saturated heterocycles. The van der Waals surface area contributed by atoms with Gasteiger partial charge in [-0.25, -0.2) is 4.39 Å². The first-order chi connectivity index (χ1) is 8.72. The van der Waals surface area contributed by atoms with Gasteiger partial charge in [0.25, 0.3) is 0 Å². The Hall–Kier alpha value is -1.19. The van der Waals surface area contributed by atoms with Crippen molar-refractivity contribution in [1.29, 1.82) is 0 Å². The Balaban J connectivity index is 2.40. The second-order valence-electron chi connectivity index (χ2n) is 4.07. The van der Waals surface area contributed by atoms with Crippen LogP contribution in [0.3, 0.4) is 0 Å². The van der Waals surface area contributed by atoms with E-state index in [0.29, 0.717) is 5.56 Å². The van der Waals surface area contributed by atoms with E-state index in [9.17, 15) is 4.39 Å². The van der Waals surface area contributed by atoms with Crippen molar-refractivity contribution in [3.63, 3.8) is 0 Å². The Kier molecular flexibility index (Phi) is 4.50. The van der Waals surface area contributed by atoms with Crippen LogP contribution < -0.4 is 5.32 Å². The average molecular weight is 308 g/mol. The van der Waals surface area contributed by atoms with Crippen LogP contribution in [0.5, 0.6) is 0 Å². The third-order valence-electron chi connectivity index (χ3n) is 2.77. The van der Waals surface area contributed by atoms with Crippen molar-refractivity contribution in [3.8, 4) is 11.1 Å². The van der Waals surface area contributed by atoms with Gasteiger partial charge in [-0.15, -0.1) is 0 Å². The lowest BCUT2D eigenvalue weighted by molar-refractivity contribution is 0.629. The second-order valence-corrected chi connectivity index (χ2v) is 4.93. The SMILES string of the molecule is CCNCc1ccc(F)c(-c2ccccc2Br)c1. The molecule has 0 aromatic heterocycles. The quantitative estimate of drug-likeness (QED) is 0.884. The summed E-state index contributed by atoms with van der Waals surface area (Å²) in [4.78, 5) is 0. The molecule has 18 heavy (non-hydrogen) atoms. The highest BCUT2D eigenvalue weighted by Crippen LogP contribution is 2.30. The molecule has 2 aromatic rings. The monoisotopic (exact) mass is 307 g/mol. The van der Waals surface area contributed by atoms with Gasteiger partial charge in [-0.1, -0.05) is 47.1 Å². The van der Waals surface area contributed by atoms with E-state index in [2.05, 4.69) is 28.2 Å². The fourth-order valence-electron chi connectivity index (χ4n) is 1.84. The number of benzene rings is 2.